The Labute approximate surface area is 119 Å². The highest BCUT2D eigenvalue weighted by Gasteiger charge is 2.23. The second-order valence-electron chi connectivity index (χ2n) is 4.89. The van der Waals surface area contributed by atoms with Gasteiger partial charge in [0.1, 0.15) is 5.82 Å². The van der Waals surface area contributed by atoms with Gasteiger partial charge in [-0.05, 0) is 30.9 Å². The van der Waals surface area contributed by atoms with Gasteiger partial charge in [0.15, 0.2) is 0 Å². The first-order valence-corrected chi connectivity index (χ1v) is 7.34. The quantitative estimate of drug-likeness (QED) is 0.902. The molecule has 2 heterocycles. The van der Waals surface area contributed by atoms with Crippen molar-refractivity contribution in [3.05, 3.63) is 22.8 Å². The Kier molecular flexibility index (Phi) is 5.43. The minimum Gasteiger partial charge on any atom is -0.376 e. The zero-order valence-corrected chi connectivity index (χ0v) is 12.2. The first-order valence-electron chi connectivity index (χ1n) is 6.96. The number of pyridine rings is 1. The fourth-order valence-electron chi connectivity index (χ4n) is 2.40. The number of hydrogen-bond acceptors (Lipinski definition) is 4. The predicted molar refractivity (Wildman–Crippen MR) is 78.6 cm³/mol. The van der Waals surface area contributed by atoms with Crippen molar-refractivity contribution >= 4 is 17.4 Å². The molecule has 0 radical (unpaired) electrons. The van der Waals surface area contributed by atoms with Crippen LogP contribution in [0.3, 0.4) is 0 Å². The highest BCUT2D eigenvalue weighted by atomic mass is 35.5. The van der Waals surface area contributed by atoms with E-state index in [0.717, 1.165) is 50.3 Å². The van der Waals surface area contributed by atoms with Gasteiger partial charge in [-0.3, -0.25) is 0 Å². The normalized spacial score (nSPS) is 19.7. The predicted octanol–water partition coefficient (Wildman–Crippen LogP) is 2.59. The van der Waals surface area contributed by atoms with E-state index in [9.17, 15) is 0 Å². The molecule has 0 aliphatic carbocycles. The van der Waals surface area contributed by atoms with Crippen LogP contribution in [0, 0.1) is 0 Å². The Balaban J connectivity index is 2.08. The van der Waals surface area contributed by atoms with Crippen LogP contribution in [0.15, 0.2) is 12.3 Å². The Morgan fingerprint density at radius 2 is 2.42 bits per heavy atom. The van der Waals surface area contributed by atoms with Gasteiger partial charge in [0.25, 0.3) is 0 Å². The zero-order valence-electron chi connectivity index (χ0n) is 11.4. The van der Waals surface area contributed by atoms with Crippen molar-refractivity contribution in [1.29, 1.82) is 0 Å². The van der Waals surface area contributed by atoms with E-state index in [-0.39, 0.29) is 6.10 Å². The molecule has 1 atom stereocenters. The van der Waals surface area contributed by atoms with Crippen LogP contribution in [0.2, 0.25) is 5.02 Å². The molecule has 0 amide bonds. The number of ether oxygens (including phenoxy) is 1. The molecule has 2 N–H and O–H groups in total. The van der Waals surface area contributed by atoms with E-state index in [1.807, 2.05) is 6.07 Å². The number of anilines is 1. The van der Waals surface area contributed by atoms with Crippen LogP contribution in [0.25, 0.3) is 0 Å². The zero-order chi connectivity index (χ0) is 13.7. The van der Waals surface area contributed by atoms with Crippen LogP contribution in [0.5, 0.6) is 0 Å². The summed E-state index contributed by atoms with van der Waals surface area (Å²) < 4.78 is 5.84. The maximum Gasteiger partial charge on any atom is 0.147 e. The second-order valence-corrected chi connectivity index (χ2v) is 5.27. The molecular weight excluding hydrogens is 262 g/mol. The van der Waals surface area contributed by atoms with E-state index in [1.165, 1.54) is 0 Å². The lowest BCUT2D eigenvalue weighted by Crippen LogP contribution is -2.40. The first kappa shape index (κ1) is 14.6. The summed E-state index contributed by atoms with van der Waals surface area (Å²) in [5.41, 5.74) is 6.63. The molecule has 4 nitrogen and oxygen atoms in total. The molecule has 5 heteroatoms. The van der Waals surface area contributed by atoms with Gasteiger partial charge in [0, 0.05) is 32.4 Å². The highest BCUT2D eigenvalue weighted by molar-refractivity contribution is 6.33. The minimum absolute atomic E-state index is 0.285. The molecule has 19 heavy (non-hydrogen) atoms. The molecule has 0 saturated carbocycles. The van der Waals surface area contributed by atoms with Crippen molar-refractivity contribution in [2.45, 2.75) is 38.8 Å². The summed E-state index contributed by atoms with van der Waals surface area (Å²) in [6.45, 7) is 5.23. The molecule has 1 fully saturated rings. The van der Waals surface area contributed by atoms with Gasteiger partial charge >= 0.3 is 0 Å². The average molecular weight is 284 g/mol. The highest BCUT2D eigenvalue weighted by Crippen LogP contribution is 2.29. The van der Waals surface area contributed by atoms with Gasteiger partial charge in [-0.2, -0.15) is 0 Å². The van der Waals surface area contributed by atoms with Crippen molar-refractivity contribution in [3.63, 3.8) is 0 Å². The maximum absolute atomic E-state index is 6.37. The largest absolute Gasteiger partial charge is 0.376 e. The summed E-state index contributed by atoms with van der Waals surface area (Å²) in [6.07, 6.45) is 5.34. The van der Waals surface area contributed by atoms with Gasteiger partial charge in [0.05, 0.1) is 11.1 Å². The van der Waals surface area contributed by atoms with E-state index in [0.29, 0.717) is 11.6 Å². The maximum atomic E-state index is 6.37. The van der Waals surface area contributed by atoms with Crippen LogP contribution < -0.4 is 10.6 Å². The second kappa shape index (κ2) is 7.08. The van der Waals surface area contributed by atoms with Crippen LogP contribution >= 0.6 is 11.6 Å². The smallest absolute Gasteiger partial charge is 0.147 e. The SMILES string of the molecule is CCCOC1CCCN(c2nccc(CN)c2Cl)C1. The summed E-state index contributed by atoms with van der Waals surface area (Å²) in [5, 5.41) is 0.682. The van der Waals surface area contributed by atoms with Gasteiger partial charge < -0.3 is 15.4 Å². The first-order chi connectivity index (χ1) is 9.26. The number of piperidine rings is 1. The van der Waals surface area contributed by atoms with Crippen molar-refractivity contribution in [1.82, 2.24) is 4.98 Å². The lowest BCUT2D eigenvalue weighted by Gasteiger charge is -2.34. The molecule has 0 bridgehead atoms. The molecule has 1 aromatic rings. The average Bonchev–Trinajstić information content (AvgIpc) is 2.45. The monoisotopic (exact) mass is 283 g/mol. The third-order valence-corrected chi connectivity index (χ3v) is 3.82. The van der Waals surface area contributed by atoms with E-state index >= 15 is 0 Å². The van der Waals surface area contributed by atoms with Crippen molar-refractivity contribution < 1.29 is 4.74 Å². The van der Waals surface area contributed by atoms with Crippen LogP contribution in [-0.2, 0) is 11.3 Å². The summed E-state index contributed by atoms with van der Waals surface area (Å²) in [6, 6.07) is 1.88. The Morgan fingerprint density at radius 1 is 1.58 bits per heavy atom. The molecule has 0 spiro atoms. The van der Waals surface area contributed by atoms with E-state index in [4.69, 9.17) is 22.1 Å². The third kappa shape index (κ3) is 3.59. The van der Waals surface area contributed by atoms with Crippen molar-refractivity contribution in [2.75, 3.05) is 24.6 Å². The molecule has 0 aromatic carbocycles. The molecule has 1 aromatic heterocycles. The summed E-state index contributed by atoms with van der Waals surface area (Å²) in [5.74, 6) is 0.842. The number of halogens is 1. The van der Waals surface area contributed by atoms with E-state index in [1.54, 1.807) is 6.20 Å². The van der Waals surface area contributed by atoms with E-state index in [2.05, 4.69) is 16.8 Å². The minimum atomic E-state index is 0.285. The van der Waals surface area contributed by atoms with Gasteiger partial charge in [-0.1, -0.05) is 18.5 Å². The molecular formula is C14H22ClN3O. The van der Waals surface area contributed by atoms with Gasteiger partial charge in [-0.15, -0.1) is 0 Å². The number of aromatic nitrogens is 1. The van der Waals surface area contributed by atoms with Crippen molar-refractivity contribution in [2.24, 2.45) is 5.73 Å². The summed E-state index contributed by atoms with van der Waals surface area (Å²) >= 11 is 6.37. The van der Waals surface area contributed by atoms with Crippen LogP contribution in [0.1, 0.15) is 31.7 Å². The molecule has 2 rings (SSSR count). The lowest BCUT2D eigenvalue weighted by atomic mass is 10.1. The molecule has 1 unspecified atom stereocenters. The van der Waals surface area contributed by atoms with Crippen LogP contribution in [0.4, 0.5) is 5.82 Å². The Hall–Kier alpha value is -0.840. The Morgan fingerprint density at radius 3 is 3.16 bits per heavy atom. The fourth-order valence-corrected chi connectivity index (χ4v) is 2.71. The molecule has 1 aliphatic rings. The fraction of sp³-hybridized carbons (Fsp3) is 0.643. The topological polar surface area (TPSA) is 51.4 Å². The standard InChI is InChI=1S/C14H22ClN3O/c1-2-8-19-12-4-3-7-18(10-12)14-13(15)11(9-16)5-6-17-14/h5-6,12H,2-4,7-10,16H2,1H3. The number of nitrogens with two attached hydrogens (primary N) is 1. The molecule has 106 valence electrons. The summed E-state index contributed by atoms with van der Waals surface area (Å²) in [4.78, 5) is 6.62. The summed E-state index contributed by atoms with van der Waals surface area (Å²) in [7, 11) is 0. The lowest BCUT2D eigenvalue weighted by molar-refractivity contribution is 0.0439. The van der Waals surface area contributed by atoms with Crippen LogP contribution in [-0.4, -0.2) is 30.8 Å². The number of nitrogens with zero attached hydrogens (tertiary/aromatic N) is 2. The van der Waals surface area contributed by atoms with Gasteiger partial charge in [0.2, 0.25) is 0 Å². The number of rotatable bonds is 5. The van der Waals surface area contributed by atoms with Crippen molar-refractivity contribution in [3.8, 4) is 0 Å². The third-order valence-electron chi connectivity index (χ3n) is 3.41. The molecule has 1 saturated heterocycles. The van der Waals surface area contributed by atoms with E-state index < -0.39 is 0 Å². The molecule has 1 aliphatic heterocycles. The number of hydrogen-bond donors (Lipinski definition) is 1. The Bertz CT molecular complexity index is 414. The van der Waals surface area contributed by atoms with Gasteiger partial charge in [-0.25, -0.2) is 4.98 Å².